The SMILES string of the molecule is CC.CC.C[C@@H]1CC(CN(CC(=O)O)S(C)(=O)=O)OC2CC3C4CC[C@H]5C(C)(C)[C@@H](OC6CN(C(=O)CC7CC7)CCO6)CC[C@@]56CC46CC[C@]3(C)[C@H]21. The number of sulfonamides is 1. The molecule has 8 aliphatic rings. The Morgan fingerprint density at radius 2 is 1.66 bits per heavy atom. The lowest BCUT2D eigenvalue weighted by Crippen LogP contribution is -2.56. The van der Waals surface area contributed by atoms with Gasteiger partial charge in [-0.2, -0.15) is 4.31 Å². The predicted molar refractivity (Wildman–Crippen MR) is 205 cm³/mol. The molecule has 6 aliphatic carbocycles. The van der Waals surface area contributed by atoms with E-state index in [2.05, 4.69) is 27.7 Å². The number of morpholine rings is 1. The fourth-order valence-electron chi connectivity index (χ4n) is 13.8. The van der Waals surface area contributed by atoms with Crippen molar-refractivity contribution in [3.05, 3.63) is 0 Å². The third-order valence-corrected chi connectivity index (χ3v) is 17.2. The van der Waals surface area contributed by atoms with Crippen molar-refractivity contribution >= 4 is 21.9 Å². The minimum atomic E-state index is -3.65. The topological polar surface area (TPSA) is 123 Å². The number of carbonyl (C=O) groups excluding carboxylic acids is 1. The van der Waals surface area contributed by atoms with E-state index in [9.17, 15) is 23.1 Å². The molecule has 304 valence electrons. The highest BCUT2D eigenvalue weighted by Gasteiger charge is 2.81. The Balaban J connectivity index is 0.00000116. The smallest absolute Gasteiger partial charge is 0.318 e. The highest BCUT2D eigenvalue weighted by Crippen LogP contribution is 2.87. The summed E-state index contributed by atoms with van der Waals surface area (Å²) < 4.78 is 45.7. The first-order chi connectivity index (χ1) is 25.1. The summed E-state index contributed by atoms with van der Waals surface area (Å²) in [4.78, 5) is 26.3. The molecule has 53 heavy (non-hydrogen) atoms. The number of nitrogens with zero attached hydrogens (tertiary/aromatic N) is 2. The summed E-state index contributed by atoms with van der Waals surface area (Å²) in [7, 11) is -3.65. The maximum atomic E-state index is 12.9. The van der Waals surface area contributed by atoms with Gasteiger partial charge in [-0.1, -0.05) is 55.4 Å². The van der Waals surface area contributed by atoms with Gasteiger partial charge >= 0.3 is 5.97 Å². The number of amides is 1. The molecule has 1 N–H and O–H groups in total. The third kappa shape index (κ3) is 7.27. The van der Waals surface area contributed by atoms with Crippen molar-refractivity contribution in [3.63, 3.8) is 0 Å². The lowest BCUT2D eigenvalue weighted by molar-refractivity contribution is -0.244. The van der Waals surface area contributed by atoms with E-state index in [1.165, 1.54) is 51.4 Å². The van der Waals surface area contributed by atoms with Gasteiger partial charge in [0, 0.05) is 19.5 Å². The van der Waals surface area contributed by atoms with Crippen LogP contribution in [0.15, 0.2) is 0 Å². The molecule has 2 spiro atoms. The summed E-state index contributed by atoms with van der Waals surface area (Å²) in [5.41, 5.74) is 1.04. The van der Waals surface area contributed by atoms with Crippen LogP contribution in [0.1, 0.15) is 132 Å². The molecule has 8 rings (SSSR count). The van der Waals surface area contributed by atoms with Crippen molar-refractivity contribution in [2.75, 3.05) is 39.0 Å². The molecule has 0 radical (unpaired) electrons. The number of hydrogen-bond donors (Lipinski definition) is 1. The number of aliphatic carboxylic acids is 1. The molecule has 8 fully saturated rings. The molecule has 0 aromatic rings. The number of fused-ring (bicyclic) bond motifs is 4. The molecule has 2 aliphatic heterocycles. The molecule has 11 heteroatoms. The van der Waals surface area contributed by atoms with E-state index in [0.29, 0.717) is 72.5 Å². The van der Waals surface area contributed by atoms with Crippen LogP contribution in [0, 0.1) is 57.2 Å². The lowest BCUT2D eigenvalue weighted by Gasteiger charge is -2.60. The van der Waals surface area contributed by atoms with Crippen LogP contribution in [-0.2, 0) is 33.8 Å². The van der Waals surface area contributed by atoms with Crippen LogP contribution in [0.4, 0.5) is 0 Å². The standard InChI is InChI=1S/C38H60N2O8S.2C2H6/c1-23-16-25(19-40(20-32(42)43)49(5,44)45)47-28-18-27-26-8-9-29-35(2,3)30(48-33-21-39(14-15-46-33)31(41)17-24-6-7-24)10-11-38(29)22-37(26,38)13-12-36(27,4)34(23)28;2*1-2/h23-30,33-34H,6-22H2,1-5H3,(H,42,43);2*1-2H3/t23-,25?,26?,27?,28?,29+,30+,33?,34+,36+,37?,38-;;/m1../s1. The van der Waals surface area contributed by atoms with Gasteiger partial charge in [0.1, 0.15) is 6.54 Å². The van der Waals surface area contributed by atoms with Crippen molar-refractivity contribution in [2.45, 2.75) is 157 Å². The Kier molecular flexibility index (Phi) is 11.9. The number of hydrogen-bond acceptors (Lipinski definition) is 7. The minimum absolute atomic E-state index is 0.0348. The van der Waals surface area contributed by atoms with Gasteiger partial charge in [0.25, 0.3) is 0 Å². The monoisotopic (exact) mass is 765 g/mol. The van der Waals surface area contributed by atoms with E-state index in [1.807, 2.05) is 32.6 Å². The predicted octanol–water partition coefficient (Wildman–Crippen LogP) is 7.21. The molecule has 10 nitrogen and oxygen atoms in total. The molecule has 1 amide bonds. The molecule has 0 aromatic carbocycles. The molecule has 6 unspecified atom stereocenters. The van der Waals surface area contributed by atoms with Crippen molar-refractivity contribution in [1.29, 1.82) is 0 Å². The van der Waals surface area contributed by atoms with Crippen molar-refractivity contribution in [2.24, 2.45) is 57.2 Å². The molecule has 0 bridgehead atoms. The van der Waals surface area contributed by atoms with Crippen LogP contribution in [0.5, 0.6) is 0 Å². The Morgan fingerprint density at radius 3 is 2.32 bits per heavy atom. The van der Waals surface area contributed by atoms with Gasteiger partial charge < -0.3 is 24.2 Å². The van der Waals surface area contributed by atoms with Crippen LogP contribution >= 0.6 is 0 Å². The van der Waals surface area contributed by atoms with Crippen LogP contribution in [0.3, 0.4) is 0 Å². The van der Waals surface area contributed by atoms with E-state index < -0.39 is 22.5 Å². The van der Waals surface area contributed by atoms with Gasteiger partial charge in [-0.15, -0.1) is 0 Å². The molecular weight excluding hydrogens is 693 g/mol. The minimum Gasteiger partial charge on any atom is -0.480 e. The normalized spacial score (nSPS) is 43.7. The quantitative estimate of drug-likeness (QED) is 0.262. The van der Waals surface area contributed by atoms with Gasteiger partial charge in [0.2, 0.25) is 15.9 Å². The largest absolute Gasteiger partial charge is 0.480 e. The second-order valence-corrected chi connectivity index (χ2v) is 20.8. The Labute approximate surface area is 320 Å². The van der Waals surface area contributed by atoms with E-state index >= 15 is 0 Å². The third-order valence-electron chi connectivity index (χ3n) is 16.0. The zero-order valence-electron chi connectivity index (χ0n) is 34.4. The summed E-state index contributed by atoms with van der Waals surface area (Å²) in [6.45, 7) is 19.1. The average Bonchev–Trinajstić information content (AvgIpc) is 4.02. The fraction of sp³-hybridized carbons (Fsp3) is 0.952. The average molecular weight is 765 g/mol. The summed E-state index contributed by atoms with van der Waals surface area (Å²) in [5.74, 6) is 2.49. The summed E-state index contributed by atoms with van der Waals surface area (Å²) >= 11 is 0. The number of carboxylic acid groups (broad SMARTS) is 1. The van der Waals surface area contributed by atoms with Gasteiger partial charge in [-0.05, 0) is 128 Å². The van der Waals surface area contributed by atoms with Gasteiger partial charge in [0.15, 0.2) is 6.29 Å². The zero-order valence-corrected chi connectivity index (χ0v) is 35.2. The number of ether oxygens (including phenoxy) is 3. The molecule has 12 atom stereocenters. The highest BCUT2D eigenvalue weighted by atomic mass is 32.2. The van der Waals surface area contributed by atoms with Crippen LogP contribution in [0.25, 0.3) is 0 Å². The van der Waals surface area contributed by atoms with E-state index in [1.54, 1.807) is 0 Å². The summed E-state index contributed by atoms with van der Waals surface area (Å²) in [5, 5.41) is 9.37. The Bertz CT molecular complexity index is 1450. The number of carboxylic acids is 1. The first kappa shape index (κ1) is 41.4. The van der Waals surface area contributed by atoms with Crippen LogP contribution < -0.4 is 0 Å². The van der Waals surface area contributed by atoms with Crippen LogP contribution in [-0.4, -0.2) is 98.2 Å². The number of carbonyl (C=O) groups is 2. The van der Waals surface area contributed by atoms with Gasteiger partial charge in [0.05, 0.1) is 37.7 Å². The molecule has 0 aromatic heterocycles. The Hall–Kier alpha value is -1.27. The first-order valence-corrected chi connectivity index (χ1v) is 23.3. The van der Waals surface area contributed by atoms with Gasteiger partial charge in [-0.3, -0.25) is 9.59 Å². The zero-order chi connectivity index (χ0) is 38.7. The maximum absolute atomic E-state index is 12.9. The van der Waals surface area contributed by atoms with E-state index in [-0.39, 0.29) is 47.9 Å². The molecular formula is C42H72N2O8S. The molecule has 2 heterocycles. The molecule has 6 saturated carbocycles. The van der Waals surface area contributed by atoms with E-state index in [4.69, 9.17) is 14.2 Å². The van der Waals surface area contributed by atoms with Crippen molar-refractivity contribution in [1.82, 2.24) is 9.21 Å². The highest BCUT2D eigenvalue weighted by molar-refractivity contribution is 7.88. The van der Waals surface area contributed by atoms with Gasteiger partial charge in [-0.25, -0.2) is 8.42 Å². The number of rotatable bonds is 9. The van der Waals surface area contributed by atoms with Crippen molar-refractivity contribution in [3.8, 4) is 0 Å². The maximum Gasteiger partial charge on any atom is 0.318 e. The lowest BCUT2D eigenvalue weighted by atomic mass is 9.46. The first-order valence-electron chi connectivity index (χ1n) is 21.4. The molecule has 2 saturated heterocycles. The van der Waals surface area contributed by atoms with Crippen molar-refractivity contribution < 1.29 is 37.3 Å². The summed E-state index contributed by atoms with van der Waals surface area (Å²) in [6, 6.07) is 0. The second-order valence-electron chi connectivity index (χ2n) is 18.8. The fourth-order valence-corrected chi connectivity index (χ4v) is 14.6. The summed E-state index contributed by atoms with van der Waals surface area (Å²) in [6.07, 6.45) is 14.2. The Morgan fingerprint density at radius 1 is 0.943 bits per heavy atom. The van der Waals surface area contributed by atoms with E-state index in [0.717, 1.165) is 29.8 Å². The second kappa shape index (κ2) is 15.2. The van der Waals surface area contributed by atoms with Crippen LogP contribution in [0.2, 0.25) is 0 Å².